The molecule has 2 N–H and O–H groups in total. The van der Waals surface area contributed by atoms with Gasteiger partial charge in [0.2, 0.25) is 0 Å². The number of allylic oxidation sites excluding steroid dienone is 1. The topological polar surface area (TPSA) is 35.2 Å². The Morgan fingerprint density at radius 1 is 1.31 bits per heavy atom. The number of rotatable bonds is 5. The van der Waals surface area contributed by atoms with Gasteiger partial charge < -0.3 is 10.5 Å². The van der Waals surface area contributed by atoms with Gasteiger partial charge in [0, 0.05) is 6.04 Å². The van der Waals surface area contributed by atoms with Crippen molar-refractivity contribution in [1.29, 1.82) is 0 Å². The molecule has 0 amide bonds. The van der Waals surface area contributed by atoms with E-state index in [-0.39, 0.29) is 6.04 Å². The van der Waals surface area contributed by atoms with Gasteiger partial charge in [0.1, 0.15) is 12.4 Å². The van der Waals surface area contributed by atoms with Gasteiger partial charge in [0.15, 0.2) is 0 Å². The summed E-state index contributed by atoms with van der Waals surface area (Å²) in [5.74, 6) is 0.893. The molecule has 0 radical (unpaired) electrons. The molecule has 0 bridgehead atoms. The van der Waals surface area contributed by atoms with Crippen molar-refractivity contribution in [3.05, 3.63) is 41.5 Å². The molecule has 0 saturated carbocycles. The minimum atomic E-state index is 0.131. The molecule has 2 heteroatoms. The Labute approximate surface area is 98.1 Å². The van der Waals surface area contributed by atoms with E-state index < -0.39 is 0 Å². The Balaban J connectivity index is 2.54. The fraction of sp³-hybridized carbons (Fsp3) is 0.429. The molecular formula is C14H21NO. The largest absolute Gasteiger partial charge is 0.490 e. The summed E-state index contributed by atoms with van der Waals surface area (Å²) in [4.78, 5) is 0. The number of hydrogen-bond donors (Lipinski definition) is 1. The molecule has 0 saturated heterocycles. The first-order chi connectivity index (χ1) is 7.63. The molecule has 0 aromatic heterocycles. The first-order valence-electron chi connectivity index (χ1n) is 5.75. The first-order valence-corrected chi connectivity index (χ1v) is 5.75. The minimum Gasteiger partial charge on any atom is -0.490 e. The summed E-state index contributed by atoms with van der Waals surface area (Å²) in [6, 6.07) is 8.15. The van der Waals surface area contributed by atoms with Crippen LogP contribution < -0.4 is 10.5 Å². The van der Waals surface area contributed by atoms with Crippen LogP contribution in [0.15, 0.2) is 35.9 Å². The number of benzene rings is 1. The molecule has 0 aliphatic carbocycles. The molecule has 0 aliphatic heterocycles. The zero-order valence-electron chi connectivity index (χ0n) is 10.4. The Hall–Kier alpha value is -1.28. The van der Waals surface area contributed by atoms with E-state index in [1.807, 2.05) is 24.3 Å². The van der Waals surface area contributed by atoms with E-state index >= 15 is 0 Å². The van der Waals surface area contributed by atoms with E-state index in [4.69, 9.17) is 10.5 Å². The van der Waals surface area contributed by atoms with Crippen LogP contribution in [0.4, 0.5) is 0 Å². The molecular weight excluding hydrogens is 198 g/mol. The molecule has 0 fully saturated rings. The molecule has 2 nitrogen and oxygen atoms in total. The minimum absolute atomic E-state index is 0.131. The summed E-state index contributed by atoms with van der Waals surface area (Å²) in [5.41, 5.74) is 8.37. The van der Waals surface area contributed by atoms with Crippen LogP contribution in [-0.2, 0) is 0 Å². The Bertz CT molecular complexity index is 336. The van der Waals surface area contributed by atoms with Crippen LogP contribution in [0.2, 0.25) is 0 Å². The summed E-state index contributed by atoms with van der Waals surface area (Å²) >= 11 is 0. The molecule has 88 valence electrons. The molecule has 1 atom stereocenters. The molecule has 1 aromatic carbocycles. The number of nitrogens with two attached hydrogens (primary N) is 1. The van der Waals surface area contributed by atoms with Crippen LogP contribution in [0.3, 0.4) is 0 Å². The summed E-state index contributed by atoms with van der Waals surface area (Å²) in [6.07, 6.45) is 3.02. The highest BCUT2D eigenvalue weighted by molar-refractivity contribution is 5.29. The van der Waals surface area contributed by atoms with E-state index in [0.717, 1.165) is 17.7 Å². The summed E-state index contributed by atoms with van der Waals surface area (Å²) in [7, 11) is 0. The lowest BCUT2D eigenvalue weighted by Gasteiger charge is -2.10. The van der Waals surface area contributed by atoms with E-state index in [1.165, 1.54) is 5.57 Å². The molecule has 16 heavy (non-hydrogen) atoms. The average molecular weight is 219 g/mol. The van der Waals surface area contributed by atoms with E-state index in [2.05, 4.69) is 26.8 Å². The van der Waals surface area contributed by atoms with Gasteiger partial charge in [0.25, 0.3) is 0 Å². The number of ether oxygens (including phenoxy) is 1. The molecule has 1 rings (SSSR count). The second-order valence-electron chi connectivity index (χ2n) is 4.18. The standard InChI is InChI=1S/C14H21NO/c1-4-14(15)12-5-7-13(8-6-12)16-10-9-11(2)3/h5-9,14H,4,10,15H2,1-3H3/t14-/m0/s1. The quantitative estimate of drug-likeness (QED) is 0.770. The molecule has 1 aromatic rings. The smallest absolute Gasteiger partial charge is 0.119 e. The monoisotopic (exact) mass is 219 g/mol. The van der Waals surface area contributed by atoms with Crippen LogP contribution in [0.1, 0.15) is 38.8 Å². The molecule has 0 unspecified atom stereocenters. The molecule has 0 heterocycles. The van der Waals surface area contributed by atoms with Crippen molar-refractivity contribution in [2.45, 2.75) is 33.2 Å². The number of hydrogen-bond acceptors (Lipinski definition) is 2. The maximum Gasteiger partial charge on any atom is 0.119 e. The van der Waals surface area contributed by atoms with Gasteiger partial charge in [-0.1, -0.05) is 24.6 Å². The van der Waals surface area contributed by atoms with Gasteiger partial charge >= 0.3 is 0 Å². The highest BCUT2D eigenvalue weighted by Gasteiger charge is 2.02. The van der Waals surface area contributed by atoms with Crippen LogP contribution in [0.25, 0.3) is 0 Å². The summed E-state index contributed by atoms with van der Waals surface area (Å²) in [6.45, 7) is 6.84. The van der Waals surface area contributed by atoms with Crippen LogP contribution >= 0.6 is 0 Å². The van der Waals surface area contributed by atoms with Crippen molar-refractivity contribution in [2.75, 3.05) is 6.61 Å². The van der Waals surface area contributed by atoms with Crippen molar-refractivity contribution in [3.63, 3.8) is 0 Å². The van der Waals surface area contributed by atoms with Gasteiger partial charge in [-0.25, -0.2) is 0 Å². The van der Waals surface area contributed by atoms with Crippen molar-refractivity contribution in [1.82, 2.24) is 0 Å². The van der Waals surface area contributed by atoms with E-state index in [9.17, 15) is 0 Å². The molecule has 0 spiro atoms. The van der Waals surface area contributed by atoms with Crippen molar-refractivity contribution in [2.24, 2.45) is 5.73 Å². The normalized spacial score (nSPS) is 12.0. The van der Waals surface area contributed by atoms with Gasteiger partial charge in [-0.15, -0.1) is 0 Å². The van der Waals surface area contributed by atoms with Crippen LogP contribution in [-0.4, -0.2) is 6.61 Å². The van der Waals surface area contributed by atoms with Crippen molar-refractivity contribution in [3.8, 4) is 5.75 Å². The van der Waals surface area contributed by atoms with Gasteiger partial charge in [-0.2, -0.15) is 0 Å². The maximum atomic E-state index is 5.93. The predicted molar refractivity (Wildman–Crippen MR) is 68.6 cm³/mol. The van der Waals surface area contributed by atoms with Crippen LogP contribution in [0, 0.1) is 0 Å². The van der Waals surface area contributed by atoms with E-state index in [0.29, 0.717) is 6.61 Å². The second kappa shape index (κ2) is 6.33. The van der Waals surface area contributed by atoms with E-state index in [1.54, 1.807) is 0 Å². The second-order valence-corrected chi connectivity index (χ2v) is 4.18. The van der Waals surface area contributed by atoms with Gasteiger partial charge in [-0.05, 0) is 44.0 Å². The van der Waals surface area contributed by atoms with Crippen molar-refractivity contribution < 1.29 is 4.74 Å². The zero-order chi connectivity index (χ0) is 12.0. The van der Waals surface area contributed by atoms with Gasteiger partial charge in [0.05, 0.1) is 0 Å². The third-order valence-corrected chi connectivity index (χ3v) is 2.49. The third-order valence-electron chi connectivity index (χ3n) is 2.49. The highest BCUT2D eigenvalue weighted by atomic mass is 16.5. The molecule has 0 aliphatic rings. The SMILES string of the molecule is CC[C@H](N)c1ccc(OCC=C(C)C)cc1. The Morgan fingerprint density at radius 3 is 2.44 bits per heavy atom. The fourth-order valence-corrected chi connectivity index (χ4v) is 1.35. The highest BCUT2D eigenvalue weighted by Crippen LogP contribution is 2.18. The van der Waals surface area contributed by atoms with Gasteiger partial charge in [-0.3, -0.25) is 0 Å². The van der Waals surface area contributed by atoms with Crippen LogP contribution in [0.5, 0.6) is 5.75 Å². The third kappa shape index (κ3) is 4.07. The summed E-state index contributed by atoms with van der Waals surface area (Å²) in [5, 5.41) is 0. The Morgan fingerprint density at radius 2 is 1.94 bits per heavy atom. The Kier molecular flexibility index (Phi) is 5.06. The lowest BCUT2D eigenvalue weighted by molar-refractivity contribution is 0.362. The first kappa shape index (κ1) is 12.8. The summed E-state index contributed by atoms with van der Waals surface area (Å²) < 4.78 is 5.57. The zero-order valence-corrected chi connectivity index (χ0v) is 10.4. The fourth-order valence-electron chi connectivity index (χ4n) is 1.35. The maximum absolute atomic E-state index is 5.93. The average Bonchev–Trinajstić information content (AvgIpc) is 2.28. The lowest BCUT2D eigenvalue weighted by atomic mass is 10.1. The predicted octanol–water partition coefficient (Wildman–Crippen LogP) is 3.44. The lowest BCUT2D eigenvalue weighted by Crippen LogP contribution is -2.08. The van der Waals surface area contributed by atoms with Crippen molar-refractivity contribution >= 4 is 0 Å².